The van der Waals surface area contributed by atoms with E-state index in [4.69, 9.17) is 5.73 Å². The molecule has 1 saturated heterocycles. The summed E-state index contributed by atoms with van der Waals surface area (Å²) >= 11 is 0. The van der Waals surface area contributed by atoms with Crippen LogP contribution in [0.5, 0.6) is 0 Å². The van der Waals surface area contributed by atoms with Crippen LogP contribution in [0.15, 0.2) is 46.8 Å². The lowest BCUT2D eigenvalue weighted by atomic mass is 9.92. The SMILES string of the molecule is CCC(C)/C=C(\N)C1=CC2=CCNC2C(NC2CNC2)=C1. The molecule has 114 valence electrons. The van der Waals surface area contributed by atoms with Gasteiger partial charge in [0.1, 0.15) is 0 Å². The van der Waals surface area contributed by atoms with E-state index in [1.54, 1.807) is 0 Å². The van der Waals surface area contributed by atoms with Crippen LogP contribution in [0.3, 0.4) is 0 Å². The lowest BCUT2D eigenvalue weighted by Crippen LogP contribution is -2.56. The Morgan fingerprint density at radius 1 is 1.48 bits per heavy atom. The van der Waals surface area contributed by atoms with Gasteiger partial charge in [-0.05, 0) is 29.2 Å². The maximum atomic E-state index is 6.31. The van der Waals surface area contributed by atoms with Crippen LogP contribution in [0.25, 0.3) is 0 Å². The third-order valence-corrected chi connectivity index (χ3v) is 4.53. The van der Waals surface area contributed by atoms with E-state index in [0.29, 0.717) is 18.0 Å². The maximum absolute atomic E-state index is 6.31. The zero-order valence-corrected chi connectivity index (χ0v) is 12.9. The smallest absolute Gasteiger partial charge is 0.0726 e. The number of hydrogen-bond donors (Lipinski definition) is 4. The van der Waals surface area contributed by atoms with Gasteiger partial charge in [0.15, 0.2) is 0 Å². The average Bonchev–Trinajstić information content (AvgIpc) is 2.90. The van der Waals surface area contributed by atoms with Gasteiger partial charge in [0, 0.05) is 31.0 Å². The molecule has 2 aliphatic heterocycles. The Kier molecular flexibility index (Phi) is 4.17. The molecule has 1 fully saturated rings. The summed E-state index contributed by atoms with van der Waals surface area (Å²) in [5.74, 6) is 0.514. The highest BCUT2D eigenvalue weighted by molar-refractivity contribution is 5.54. The molecule has 5 N–H and O–H groups in total. The molecule has 21 heavy (non-hydrogen) atoms. The molecule has 0 radical (unpaired) electrons. The second-order valence-corrected chi connectivity index (χ2v) is 6.25. The van der Waals surface area contributed by atoms with Crippen LogP contribution in [-0.4, -0.2) is 31.7 Å². The van der Waals surface area contributed by atoms with Gasteiger partial charge < -0.3 is 21.7 Å². The molecule has 2 atom stereocenters. The third kappa shape index (κ3) is 3.06. The summed E-state index contributed by atoms with van der Waals surface area (Å²) in [6, 6.07) is 0.852. The first kappa shape index (κ1) is 14.4. The van der Waals surface area contributed by atoms with E-state index in [0.717, 1.165) is 37.3 Å². The quantitative estimate of drug-likeness (QED) is 0.612. The Balaban J connectivity index is 1.83. The molecule has 2 heterocycles. The largest absolute Gasteiger partial charge is 0.398 e. The van der Waals surface area contributed by atoms with Gasteiger partial charge in [0.2, 0.25) is 0 Å². The fraction of sp³-hybridized carbons (Fsp3) is 0.529. The summed E-state index contributed by atoms with van der Waals surface area (Å²) in [6.07, 6.45) is 9.99. The fourth-order valence-corrected chi connectivity index (χ4v) is 2.87. The Labute approximate surface area is 127 Å². The van der Waals surface area contributed by atoms with Crippen LogP contribution < -0.4 is 21.7 Å². The molecule has 0 spiro atoms. The van der Waals surface area contributed by atoms with E-state index >= 15 is 0 Å². The Morgan fingerprint density at radius 3 is 2.95 bits per heavy atom. The van der Waals surface area contributed by atoms with Crippen molar-refractivity contribution in [3.63, 3.8) is 0 Å². The summed E-state index contributed by atoms with van der Waals surface area (Å²) in [7, 11) is 0. The van der Waals surface area contributed by atoms with Gasteiger partial charge in [-0.2, -0.15) is 0 Å². The van der Waals surface area contributed by atoms with Crippen molar-refractivity contribution in [1.82, 2.24) is 16.0 Å². The number of rotatable bonds is 5. The van der Waals surface area contributed by atoms with E-state index in [9.17, 15) is 0 Å². The van der Waals surface area contributed by atoms with E-state index < -0.39 is 0 Å². The zero-order chi connectivity index (χ0) is 14.8. The van der Waals surface area contributed by atoms with Crippen molar-refractivity contribution in [1.29, 1.82) is 0 Å². The summed E-state index contributed by atoms with van der Waals surface area (Å²) in [5.41, 5.74) is 10.9. The first-order valence-corrected chi connectivity index (χ1v) is 7.99. The number of nitrogens with two attached hydrogens (primary N) is 1. The molecule has 2 unspecified atom stereocenters. The monoisotopic (exact) mass is 286 g/mol. The molecule has 0 saturated carbocycles. The fourth-order valence-electron chi connectivity index (χ4n) is 2.87. The van der Waals surface area contributed by atoms with Crippen LogP contribution in [0.4, 0.5) is 0 Å². The predicted octanol–water partition coefficient (Wildman–Crippen LogP) is 1.16. The molecule has 0 aromatic rings. The van der Waals surface area contributed by atoms with Gasteiger partial charge in [-0.25, -0.2) is 0 Å². The molecule has 0 aromatic heterocycles. The number of nitrogens with one attached hydrogen (secondary N) is 3. The van der Waals surface area contributed by atoms with Gasteiger partial charge in [-0.15, -0.1) is 0 Å². The van der Waals surface area contributed by atoms with E-state index in [2.05, 4.69) is 54.1 Å². The summed E-state index contributed by atoms with van der Waals surface area (Å²) in [4.78, 5) is 0. The van der Waals surface area contributed by atoms with Gasteiger partial charge in [-0.1, -0.05) is 32.4 Å². The van der Waals surface area contributed by atoms with Gasteiger partial charge >= 0.3 is 0 Å². The predicted molar refractivity (Wildman–Crippen MR) is 87.6 cm³/mol. The molecule has 4 nitrogen and oxygen atoms in total. The summed E-state index contributed by atoms with van der Waals surface area (Å²) in [6.45, 7) is 7.41. The highest BCUT2D eigenvalue weighted by Crippen LogP contribution is 2.27. The van der Waals surface area contributed by atoms with E-state index in [1.165, 1.54) is 11.3 Å². The Morgan fingerprint density at radius 2 is 2.29 bits per heavy atom. The lowest BCUT2D eigenvalue weighted by Gasteiger charge is -2.34. The van der Waals surface area contributed by atoms with Crippen molar-refractivity contribution in [2.75, 3.05) is 19.6 Å². The Bertz CT molecular complexity index is 523. The van der Waals surface area contributed by atoms with Crippen molar-refractivity contribution >= 4 is 0 Å². The van der Waals surface area contributed by atoms with Crippen LogP contribution in [-0.2, 0) is 0 Å². The molecule has 4 heteroatoms. The van der Waals surface area contributed by atoms with Crippen molar-refractivity contribution in [3.8, 4) is 0 Å². The first-order valence-electron chi connectivity index (χ1n) is 7.99. The molecule has 0 aromatic carbocycles. The van der Waals surface area contributed by atoms with Crippen molar-refractivity contribution in [3.05, 3.63) is 46.8 Å². The standard InChI is InChI=1S/C17H26N4/c1-3-11(2)6-15(18)13-7-12-4-5-20-17(12)16(8-13)21-14-9-19-10-14/h4,6-8,11,14,17,19-21H,3,5,9-10,18H2,1-2H3/b15-6-. The number of fused-ring (bicyclic) bond motifs is 1. The molecule has 3 aliphatic rings. The molecular formula is C17H26N4. The summed E-state index contributed by atoms with van der Waals surface area (Å²) < 4.78 is 0. The Hall–Kier alpha value is -1.52. The first-order chi connectivity index (χ1) is 10.2. The van der Waals surface area contributed by atoms with Crippen molar-refractivity contribution in [2.24, 2.45) is 11.7 Å². The molecular weight excluding hydrogens is 260 g/mol. The molecule has 3 rings (SSSR count). The van der Waals surface area contributed by atoms with Crippen LogP contribution in [0.2, 0.25) is 0 Å². The average molecular weight is 286 g/mol. The highest BCUT2D eigenvalue weighted by Gasteiger charge is 2.28. The van der Waals surface area contributed by atoms with E-state index in [1.807, 2.05) is 0 Å². The second kappa shape index (κ2) is 6.08. The van der Waals surface area contributed by atoms with Gasteiger partial charge in [-0.3, -0.25) is 0 Å². The van der Waals surface area contributed by atoms with Crippen molar-refractivity contribution < 1.29 is 0 Å². The zero-order valence-electron chi connectivity index (χ0n) is 12.9. The normalized spacial score (nSPS) is 27.2. The number of allylic oxidation sites excluding steroid dienone is 2. The minimum absolute atomic E-state index is 0.311. The minimum atomic E-state index is 0.311. The van der Waals surface area contributed by atoms with E-state index in [-0.39, 0.29) is 0 Å². The highest BCUT2D eigenvalue weighted by atomic mass is 15.1. The number of hydrogen-bond acceptors (Lipinski definition) is 4. The van der Waals surface area contributed by atoms with Gasteiger partial charge in [0.05, 0.1) is 12.1 Å². The third-order valence-electron chi connectivity index (χ3n) is 4.53. The second-order valence-electron chi connectivity index (χ2n) is 6.25. The molecule has 0 amide bonds. The molecule has 1 aliphatic carbocycles. The van der Waals surface area contributed by atoms with Crippen LogP contribution in [0, 0.1) is 5.92 Å². The molecule has 0 bridgehead atoms. The topological polar surface area (TPSA) is 62.1 Å². The van der Waals surface area contributed by atoms with Crippen LogP contribution >= 0.6 is 0 Å². The van der Waals surface area contributed by atoms with Crippen molar-refractivity contribution in [2.45, 2.75) is 32.4 Å². The van der Waals surface area contributed by atoms with Gasteiger partial charge in [0.25, 0.3) is 0 Å². The lowest BCUT2D eigenvalue weighted by molar-refractivity contribution is 0.383. The summed E-state index contributed by atoms with van der Waals surface area (Å²) in [5, 5.41) is 10.5. The van der Waals surface area contributed by atoms with Crippen LogP contribution in [0.1, 0.15) is 20.3 Å². The maximum Gasteiger partial charge on any atom is 0.0726 e. The minimum Gasteiger partial charge on any atom is -0.398 e.